The molecule has 1 atom stereocenters. The maximum atomic E-state index is 13.2. The second-order valence-corrected chi connectivity index (χ2v) is 8.14. The lowest BCUT2D eigenvalue weighted by Gasteiger charge is -2.27. The minimum atomic E-state index is -0.938. The van der Waals surface area contributed by atoms with E-state index in [1.807, 2.05) is 0 Å². The zero-order chi connectivity index (χ0) is 25.7. The predicted molar refractivity (Wildman–Crippen MR) is 126 cm³/mol. The van der Waals surface area contributed by atoms with Crippen molar-refractivity contribution in [2.45, 2.75) is 12.3 Å². The van der Waals surface area contributed by atoms with Gasteiger partial charge in [0.15, 0.2) is 28.8 Å². The SMILES string of the molecule is COc1cccc(C2CC(=O)Oc3cc(O)c4c(=O)c(O)c(-c5ccc(O)c(O)c5)oc4c32)c1OC. The van der Waals surface area contributed by atoms with E-state index in [0.717, 1.165) is 18.2 Å². The summed E-state index contributed by atoms with van der Waals surface area (Å²) in [6, 6.07) is 9.85. The normalized spacial score (nSPS) is 14.8. The number of aromatic hydroxyl groups is 4. The third-order valence-electron chi connectivity index (χ3n) is 6.11. The van der Waals surface area contributed by atoms with E-state index in [0.29, 0.717) is 17.1 Å². The summed E-state index contributed by atoms with van der Waals surface area (Å²) in [4.78, 5) is 25.7. The van der Waals surface area contributed by atoms with Gasteiger partial charge in [-0.15, -0.1) is 0 Å². The Bertz CT molecular complexity index is 1600. The van der Waals surface area contributed by atoms with Crippen LogP contribution in [0.2, 0.25) is 0 Å². The molecule has 1 aliphatic rings. The molecule has 5 rings (SSSR count). The fourth-order valence-corrected chi connectivity index (χ4v) is 4.49. The van der Waals surface area contributed by atoms with E-state index in [4.69, 9.17) is 18.6 Å². The maximum absolute atomic E-state index is 13.2. The summed E-state index contributed by atoms with van der Waals surface area (Å²) < 4.78 is 22.3. The molecule has 0 saturated heterocycles. The number of hydrogen-bond acceptors (Lipinski definition) is 10. The van der Waals surface area contributed by atoms with Gasteiger partial charge < -0.3 is 39.1 Å². The number of phenols is 3. The van der Waals surface area contributed by atoms with Crippen LogP contribution in [0.3, 0.4) is 0 Å². The van der Waals surface area contributed by atoms with Crippen LogP contribution >= 0.6 is 0 Å². The van der Waals surface area contributed by atoms with Gasteiger partial charge in [0.25, 0.3) is 0 Å². The van der Waals surface area contributed by atoms with E-state index in [1.54, 1.807) is 18.2 Å². The monoisotopic (exact) mass is 492 g/mol. The second-order valence-electron chi connectivity index (χ2n) is 8.14. The largest absolute Gasteiger partial charge is 0.507 e. The van der Waals surface area contributed by atoms with Crippen molar-refractivity contribution in [3.63, 3.8) is 0 Å². The third kappa shape index (κ3) is 3.42. The Hall–Kier alpha value is -4.86. The molecule has 10 heteroatoms. The summed E-state index contributed by atoms with van der Waals surface area (Å²) in [6.45, 7) is 0. The predicted octanol–water partition coefficient (Wildman–Crippen LogP) is 3.74. The zero-order valence-corrected chi connectivity index (χ0v) is 19.1. The molecule has 0 fully saturated rings. The first-order chi connectivity index (χ1) is 17.2. The molecule has 0 radical (unpaired) electrons. The van der Waals surface area contributed by atoms with E-state index >= 15 is 0 Å². The van der Waals surface area contributed by atoms with Gasteiger partial charge in [0.05, 0.1) is 20.6 Å². The molecule has 10 nitrogen and oxygen atoms in total. The van der Waals surface area contributed by atoms with Crippen molar-refractivity contribution in [2.24, 2.45) is 0 Å². The minimum absolute atomic E-state index is 0.0283. The van der Waals surface area contributed by atoms with Crippen molar-refractivity contribution in [1.82, 2.24) is 0 Å². The summed E-state index contributed by atoms with van der Waals surface area (Å²) >= 11 is 0. The molecular formula is C26H20O10. The minimum Gasteiger partial charge on any atom is -0.507 e. The Labute approximate surface area is 203 Å². The number of hydrogen-bond donors (Lipinski definition) is 4. The summed E-state index contributed by atoms with van der Waals surface area (Å²) in [5, 5.41) is 40.5. The van der Waals surface area contributed by atoms with E-state index in [2.05, 4.69) is 0 Å². The number of ether oxygens (including phenoxy) is 3. The van der Waals surface area contributed by atoms with Gasteiger partial charge in [-0.1, -0.05) is 12.1 Å². The second kappa shape index (κ2) is 8.42. The van der Waals surface area contributed by atoms with Crippen LogP contribution in [0.5, 0.6) is 40.2 Å². The fourth-order valence-electron chi connectivity index (χ4n) is 4.49. The van der Waals surface area contributed by atoms with Gasteiger partial charge >= 0.3 is 5.97 Å². The lowest BCUT2D eigenvalue weighted by atomic mass is 9.84. The Kier molecular flexibility index (Phi) is 5.36. The topological polar surface area (TPSA) is 156 Å². The number of benzene rings is 3. The van der Waals surface area contributed by atoms with Crippen molar-refractivity contribution in [3.05, 3.63) is 63.8 Å². The van der Waals surface area contributed by atoms with Crippen molar-refractivity contribution < 1.29 is 43.8 Å². The Morgan fingerprint density at radius 2 is 1.69 bits per heavy atom. The van der Waals surface area contributed by atoms with Gasteiger partial charge in [0.1, 0.15) is 22.5 Å². The summed E-state index contributed by atoms with van der Waals surface area (Å²) in [7, 11) is 2.92. The smallest absolute Gasteiger partial charge is 0.312 e. The van der Waals surface area contributed by atoms with Crippen LogP contribution < -0.4 is 19.6 Å². The number of para-hydroxylation sites is 1. The molecule has 0 amide bonds. The molecule has 0 saturated carbocycles. The molecule has 1 unspecified atom stereocenters. The molecule has 1 aliphatic heterocycles. The fraction of sp³-hybridized carbons (Fsp3) is 0.154. The van der Waals surface area contributed by atoms with Gasteiger partial charge in [-0.3, -0.25) is 9.59 Å². The van der Waals surface area contributed by atoms with Gasteiger partial charge in [-0.25, -0.2) is 0 Å². The number of fused-ring (bicyclic) bond motifs is 3. The van der Waals surface area contributed by atoms with Gasteiger partial charge in [0, 0.05) is 28.7 Å². The van der Waals surface area contributed by atoms with Crippen LogP contribution in [0.25, 0.3) is 22.3 Å². The van der Waals surface area contributed by atoms with Crippen LogP contribution in [0.4, 0.5) is 0 Å². The van der Waals surface area contributed by atoms with Crippen molar-refractivity contribution in [3.8, 4) is 51.6 Å². The van der Waals surface area contributed by atoms with E-state index in [1.165, 1.54) is 20.3 Å². The quantitative estimate of drug-likeness (QED) is 0.188. The van der Waals surface area contributed by atoms with Crippen LogP contribution in [0.15, 0.2) is 51.7 Å². The van der Waals surface area contributed by atoms with Crippen molar-refractivity contribution in [2.75, 3.05) is 14.2 Å². The molecule has 3 aromatic carbocycles. The number of carbonyl (C=O) groups excluding carboxylic acids is 1. The number of rotatable bonds is 4. The molecule has 0 spiro atoms. The Balaban J connectivity index is 1.87. The molecule has 0 aliphatic carbocycles. The van der Waals surface area contributed by atoms with Crippen LogP contribution in [0, 0.1) is 0 Å². The zero-order valence-electron chi connectivity index (χ0n) is 19.1. The van der Waals surface area contributed by atoms with E-state index in [-0.39, 0.29) is 40.0 Å². The lowest BCUT2D eigenvalue weighted by Crippen LogP contribution is -2.22. The van der Waals surface area contributed by atoms with Crippen molar-refractivity contribution in [1.29, 1.82) is 0 Å². The molecule has 4 N–H and O–H groups in total. The Morgan fingerprint density at radius 3 is 2.39 bits per heavy atom. The van der Waals surface area contributed by atoms with Crippen LogP contribution in [-0.4, -0.2) is 40.6 Å². The van der Waals surface area contributed by atoms with Gasteiger partial charge in [0.2, 0.25) is 11.2 Å². The van der Waals surface area contributed by atoms with E-state index < -0.39 is 40.3 Å². The third-order valence-corrected chi connectivity index (χ3v) is 6.11. The number of esters is 1. The van der Waals surface area contributed by atoms with E-state index in [9.17, 15) is 30.0 Å². The first-order valence-corrected chi connectivity index (χ1v) is 10.7. The molecule has 2 heterocycles. The summed E-state index contributed by atoms with van der Waals surface area (Å²) in [5.41, 5.74) is -0.163. The van der Waals surface area contributed by atoms with Gasteiger partial charge in [-0.2, -0.15) is 0 Å². The van der Waals surface area contributed by atoms with Crippen LogP contribution in [-0.2, 0) is 4.79 Å². The highest BCUT2D eigenvalue weighted by Gasteiger charge is 2.36. The Morgan fingerprint density at radius 1 is 0.917 bits per heavy atom. The maximum Gasteiger partial charge on any atom is 0.312 e. The molecule has 184 valence electrons. The number of methoxy groups -OCH3 is 2. The highest BCUT2D eigenvalue weighted by atomic mass is 16.5. The highest BCUT2D eigenvalue weighted by Crippen LogP contribution is 2.50. The highest BCUT2D eigenvalue weighted by molar-refractivity contribution is 5.94. The van der Waals surface area contributed by atoms with Gasteiger partial charge in [-0.05, 0) is 24.3 Å². The summed E-state index contributed by atoms with van der Waals surface area (Å²) in [6.07, 6.45) is -0.143. The lowest BCUT2D eigenvalue weighted by molar-refractivity contribution is -0.135. The molecule has 0 bridgehead atoms. The molecule has 4 aromatic rings. The first-order valence-electron chi connectivity index (χ1n) is 10.7. The van der Waals surface area contributed by atoms with Crippen LogP contribution in [0.1, 0.15) is 23.5 Å². The first kappa shape index (κ1) is 22.9. The number of carbonyl (C=O) groups is 1. The number of phenolic OH excluding ortho intramolecular Hbond substituents is 3. The van der Waals surface area contributed by atoms with Crippen molar-refractivity contribution >= 4 is 16.9 Å². The molecular weight excluding hydrogens is 472 g/mol. The average molecular weight is 492 g/mol. The summed E-state index contributed by atoms with van der Waals surface area (Å²) in [5.74, 6) is -3.17. The average Bonchev–Trinajstić information content (AvgIpc) is 2.86. The molecule has 36 heavy (non-hydrogen) atoms. The molecule has 1 aromatic heterocycles. The standard InChI is InChI=1S/C26H20O10/c1-33-17-5-3-4-12(25(17)34-2)13-9-19(30)35-18-10-16(29)21-22(31)23(32)24(36-26(21)20(13)18)11-6-7-14(27)15(28)8-11/h3-8,10,13,27-29,32H,9H2,1-2H3.